The molecule has 0 aromatic heterocycles. The van der Waals surface area contributed by atoms with E-state index in [4.69, 9.17) is 0 Å². The van der Waals surface area contributed by atoms with Gasteiger partial charge in [-0.3, -0.25) is 4.79 Å². The molecule has 0 saturated carbocycles. The van der Waals surface area contributed by atoms with Crippen LogP contribution in [0.1, 0.15) is 30.9 Å². The Hall–Kier alpha value is -2.38. The van der Waals surface area contributed by atoms with E-state index in [1.165, 1.54) is 20.2 Å². The van der Waals surface area contributed by atoms with Crippen molar-refractivity contribution in [2.24, 2.45) is 0 Å². The molecule has 0 aliphatic heterocycles. The predicted octanol–water partition coefficient (Wildman–Crippen LogP) is 3.42. The lowest BCUT2D eigenvalue weighted by atomic mass is 10.0. The van der Waals surface area contributed by atoms with Crippen LogP contribution in [-0.4, -0.2) is 39.3 Å². The first-order valence-electron chi connectivity index (χ1n) is 8.78. The van der Waals surface area contributed by atoms with Crippen LogP contribution < -0.4 is 10.6 Å². The summed E-state index contributed by atoms with van der Waals surface area (Å²) in [6.45, 7) is 6.01. The zero-order valence-electron chi connectivity index (χ0n) is 16.4. The minimum Gasteiger partial charge on any atom is -0.376 e. The van der Waals surface area contributed by atoms with E-state index in [-0.39, 0.29) is 17.3 Å². The maximum absolute atomic E-state index is 12.4. The Labute approximate surface area is 161 Å². The van der Waals surface area contributed by atoms with Gasteiger partial charge in [-0.2, -0.15) is 0 Å². The molecule has 2 N–H and O–H groups in total. The summed E-state index contributed by atoms with van der Waals surface area (Å²) in [4.78, 5) is 12.5. The van der Waals surface area contributed by atoms with Crippen molar-refractivity contribution in [2.45, 2.75) is 31.6 Å². The molecule has 0 saturated heterocycles. The Morgan fingerprint density at radius 2 is 1.78 bits per heavy atom. The van der Waals surface area contributed by atoms with E-state index in [0.29, 0.717) is 17.2 Å². The molecule has 27 heavy (non-hydrogen) atoms. The first-order valence-corrected chi connectivity index (χ1v) is 10.2. The minimum absolute atomic E-state index is 0.0906. The quantitative estimate of drug-likeness (QED) is 0.761. The van der Waals surface area contributed by atoms with Gasteiger partial charge in [0.2, 0.25) is 15.9 Å². The molecule has 1 amide bonds. The number of hydrogen-bond donors (Lipinski definition) is 2. The number of amides is 1. The van der Waals surface area contributed by atoms with Crippen LogP contribution in [0, 0.1) is 6.92 Å². The smallest absolute Gasteiger partial charge is 0.243 e. The fourth-order valence-electron chi connectivity index (χ4n) is 2.69. The van der Waals surface area contributed by atoms with Crippen LogP contribution in [0.25, 0.3) is 0 Å². The Morgan fingerprint density at radius 1 is 1.11 bits per heavy atom. The molecule has 0 bridgehead atoms. The zero-order chi connectivity index (χ0) is 20.2. The van der Waals surface area contributed by atoms with Crippen molar-refractivity contribution < 1.29 is 13.2 Å². The Morgan fingerprint density at radius 3 is 2.41 bits per heavy atom. The van der Waals surface area contributed by atoms with Gasteiger partial charge in [0, 0.05) is 25.5 Å². The molecule has 0 unspecified atom stereocenters. The summed E-state index contributed by atoms with van der Waals surface area (Å²) in [6.07, 6.45) is 0. The van der Waals surface area contributed by atoms with E-state index < -0.39 is 10.0 Å². The van der Waals surface area contributed by atoms with E-state index in [2.05, 4.69) is 24.5 Å². The van der Waals surface area contributed by atoms with Crippen LogP contribution >= 0.6 is 0 Å². The second-order valence-electron chi connectivity index (χ2n) is 6.91. The van der Waals surface area contributed by atoms with Crippen molar-refractivity contribution in [1.82, 2.24) is 4.31 Å². The molecule has 2 aromatic rings. The number of carbonyl (C=O) groups is 1. The second-order valence-corrected chi connectivity index (χ2v) is 9.03. The molecule has 0 spiro atoms. The monoisotopic (exact) mass is 389 g/mol. The third-order valence-corrected chi connectivity index (χ3v) is 6.21. The molecule has 2 rings (SSSR count). The standard InChI is InChI=1S/C20H27N3O3S/c1-14(2)17-8-6-7-9-18(17)21-13-20(24)22-16-11-10-15(3)19(12-16)27(25,26)23(4)5/h6-12,14,21H,13H2,1-5H3,(H,22,24). The summed E-state index contributed by atoms with van der Waals surface area (Å²) in [5.74, 6) is 0.0956. The predicted molar refractivity (Wildman–Crippen MR) is 110 cm³/mol. The minimum atomic E-state index is -3.57. The summed E-state index contributed by atoms with van der Waals surface area (Å²) in [5.41, 5.74) is 3.14. The van der Waals surface area contributed by atoms with Gasteiger partial charge in [-0.25, -0.2) is 12.7 Å². The van der Waals surface area contributed by atoms with Crippen molar-refractivity contribution in [2.75, 3.05) is 31.3 Å². The third-order valence-electron chi connectivity index (χ3n) is 4.25. The van der Waals surface area contributed by atoms with Gasteiger partial charge in [-0.1, -0.05) is 38.1 Å². The van der Waals surface area contributed by atoms with E-state index in [1.54, 1.807) is 19.1 Å². The molecule has 0 atom stereocenters. The van der Waals surface area contributed by atoms with Gasteiger partial charge in [0.05, 0.1) is 11.4 Å². The summed E-state index contributed by atoms with van der Waals surface area (Å²) >= 11 is 0. The highest BCUT2D eigenvalue weighted by Gasteiger charge is 2.20. The van der Waals surface area contributed by atoms with Gasteiger partial charge in [0.25, 0.3) is 0 Å². The second kappa shape index (κ2) is 8.54. The van der Waals surface area contributed by atoms with E-state index in [9.17, 15) is 13.2 Å². The number of nitrogens with one attached hydrogen (secondary N) is 2. The normalized spacial score (nSPS) is 11.7. The topological polar surface area (TPSA) is 78.5 Å². The van der Waals surface area contributed by atoms with Crippen molar-refractivity contribution >= 4 is 27.3 Å². The molecule has 0 radical (unpaired) electrons. The fraction of sp³-hybridized carbons (Fsp3) is 0.350. The number of aryl methyl sites for hydroxylation is 1. The first-order chi connectivity index (χ1) is 12.6. The Kier molecular flexibility index (Phi) is 6.62. The van der Waals surface area contributed by atoms with Gasteiger partial charge in [0.15, 0.2) is 0 Å². The molecule has 2 aromatic carbocycles. The van der Waals surface area contributed by atoms with Crippen LogP contribution in [0.2, 0.25) is 0 Å². The lowest BCUT2D eigenvalue weighted by Crippen LogP contribution is -2.24. The average molecular weight is 390 g/mol. The zero-order valence-corrected chi connectivity index (χ0v) is 17.2. The Bertz CT molecular complexity index is 922. The molecule has 0 heterocycles. The van der Waals surface area contributed by atoms with Gasteiger partial charge in [-0.05, 0) is 42.2 Å². The summed E-state index contributed by atoms with van der Waals surface area (Å²) < 4.78 is 26.0. The lowest BCUT2D eigenvalue weighted by molar-refractivity contribution is -0.114. The maximum Gasteiger partial charge on any atom is 0.243 e. The first kappa shape index (κ1) is 20.9. The number of benzene rings is 2. The number of hydrogen-bond acceptors (Lipinski definition) is 4. The van der Waals surface area contributed by atoms with Crippen LogP contribution in [-0.2, 0) is 14.8 Å². The summed E-state index contributed by atoms with van der Waals surface area (Å²) in [6, 6.07) is 12.7. The third kappa shape index (κ3) is 5.08. The average Bonchev–Trinajstić information content (AvgIpc) is 2.61. The van der Waals surface area contributed by atoms with Crippen molar-refractivity contribution in [3.05, 3.63) is 53.6 Å². The van der Waals surface area contributed by atoms with E-state index in [1.807, 2.05) is 24.3 Å². The van der Waals surface area contributed by atoms with Crippen molar-refractivity contribution in [3.8, 4) is 0 Å². The molecule has 6 nitrogen and oxygen atoms in total. The Balaban J connectivity index is 2.11. The number of nitrogens with zero attached hydrogens (tertiary/aromatic N) is 1. The lowest BCUT2D eigenvalue weighted by Gasteiger charge is -2.16. The summed E-state index contributed by atoms with van der Waals surface area (Å²) in [7, 11) is -0.605. The molecule has 0 aliphatic carbocycles. The van der Waals surface area contributed by atoms with Gasteiger partial charge in [-0.15, -0.1) is 0 Å². The highest BCUT2D eigenvalue weighted by Crippen LogP contribution is 2.24. The fourth-order valence-corrected chi connectivity index (χ4v) is 3.84. The molecule has 146 valence electrons. The SMILES string of the molecule is Cc1ccc(NC(=O)CNc2ccccc2C(C)C)cc1S(=O)(=O)N(C)C. The number of rotatable bonds is 7. The largest absolute Gasteiger partial charge is 0.376 e. The van der Waals surface area contributed by atoms with Gasteiger partial charge >= 0.3 is 0 Å². The molecule has 0 fully saturated rings. The van der Waals surface area contributed by atoms with Crippen LogP contribution in [0.3, 0.4) is 0 Å². The number of sulfonamides is 1. The summed E-state index contributed by atoms with van der Waals surface area (Å²) in [5, 5.41) is 5.91. The molecule has 7 heteroatoms. The van der Waals surface area contributed by atoms with E-state index in [0.717, 1.165) is 15.6 Å². The van der Waals surface area contributed by atoms with Gasteiger partial charge in [0.1, 0.15) is 0 Å². The highest BCUT2D eigenvalue weighted by molar-refractivity contribution is 7.89. The van der Waals surface area contributed by atoms with Crippen molar-refractivity contribution in [1.29, 1.82) is 0 Å². The molecular weight excluding hydrogens is 362 g/mol. The molecule has 0 aliphatic rings. The highest BCUT2D eigenvalue weighted by atomic mass is 32.2. The maximum atomic E-state index is 12.4. The van der Waals surface area contributed by atoms with Crippen LogP contribution in [0.15, 0.2) is 47.4 Å². The van der Waals surface area contributed by atoms with Gasteiger partial charge < -0.3 is 10.6 Å². The van der Waals surface area contributed by atoms with Crippen LogP contribution in [0.5, 0.6) is 0 Å². The van der Waals surface area contributed by atoms with Crippen molar-refractivity contribution in [3.63, 3.8) is 0 Å². The molecular formula is C20H27N3O3S. The van der Waals surface area contributed by atoms with E-state index >= 15 is 0 Å². The number of carbonyl (C=O) groups excluding carboxylic acids is 1. The number of anilines is 2. The number of para-hydroxylation sites is 1. The van der Waals surface area contributed by atoms with Crippen LogP contribution in [0.4, 0.5) is 11.4 Å².